The van der Waals surface area contributed by atoms with Gasteiger partial charge in [0.1, 0.15) is 6.33 Å². The van der Waals surface area contributed by atoms with E-state index in [-0.39, 0.29) is 22.9 Å². The molecule has 8 nitrogen and oxygen atoms in total. The van der Waals surface area contributed by atoms with Gasteiger partial charge in [-0.1, -0.05) is 0 Å². The van der Waals surface area contributed by atoms with Crippen molar-refractivity contribution < 1.29 is 9.66 Å². The summed E-state index contributed by atoms with van der Waals surface area (Å²) >= 11 is 0. The third-order valence-corrected chi connectivity index (χ3v) is 3.10. The molecule has 1 aromatic heterocycles. The van der Waals surface area contributed by atoms with E-state index in [1.165, 1.54) is 6.33 Å². The van der Waals surface area contributed by atoms with Gasteiger partial charge in [0, 0.05) is 13.7 Å². The van der Waals surface area contributed by atoms with E-state index >= 15 is 0 Å². The van der Waals surface area contributed by atoms with Crippen molar-refractivity contribution in [3.63, 3.8) is 0 Å². The topological polar surface area (TPSA) is 102 Å². The first-order valence-electron chi connectivity index (χ1n) is 6.09. The van der Waals surface area contributed by atoms with E-state index in [0.717, 1.165) is 19.4 Å². The minimum Gasteiger partial charge on any atom is -0.379 e. The molecule has 2 heterocycles. The van der Waals surface area contributed by atoms with E-state index in [1.807, 2.05) is 6.92 Å². The number of anilines is 2. The van der Waals surface area contributed by atoms with Gasteiger partial charge in [0.05, 0.1) is 17.1 Å². The normalized spacial score (nSPS) is 22.8. The zero-order valence-electron chi connectivity index (χ0n) is 11.0. The number of hydrogen-bond donors (Lipinski definition) is 2. The van der Waals surface area contributed by atoms with Crippen LogP contribution >= 0.6 is 0 Å². The van der Waals surface area contributed by atoms with Crippen molar-refractivity contribution in [1.82, 2.24) is 9.97 Å². The molecule has 8 heteroatoms. The first-order chi connectivity index (χ1) is 9.06. The molecule has 0 radical (unpaired) electrons. The lowest BCUT2D eigenvalue weighted by molar-refractivity contribution is -0.383. The maximum absolute atomic E-state index is 11.2. The number of rotatable bonds is 4. The highest BCUT2D eigenvalue weighted by Crippen LogP contribution is 2.32. The fraction of sp³-hybridized carbons (Fsp3) is 0.636. The van der Waals surface area contributed by atoms with Crippen molar-refractivity contribution in [3.8, 4) is 0 Å². The van der Waals surface area contributed by atoms with Gasteiger partial charge in [0.2, 0.25) is 11.6 Å². The average Bonchev–Trinajstić information content (AvgIpc) is 2.38. The monoisotopic (exact) mass is 267 g/mol. The van der Waals surface area contributed by atoms with E-state index in [1.54, 1.807) is 7.05 Å². The molecule has 0 bridgehead atoms. The molecule has 1 unspecified atom stereocenters. The summed E-state index contributed by atoms with van der Waals surface area (Å²) < 4.78 is 5.42. The van der Waals surface area contributed by atoms with Crippen LogP contribution in [0.25, 0.3) is 0 Å². The molecule has 0 aliphatic carbocycles. The molecule has 19 heavy (non-hydrogen) atoms. The molecule has 2 rings (SSSR count). The highest BCUT2D eigenvalue weighted by molar-refractivity contribution is 5.69. The molecule has 1 saturated heterocycles. The molecule has 1 aliphatic rings. The molecule has 1 fully saturated rings. The quantitative estimate of drug-likeness (QED) is 0.628. The van der Waals surface area contributed by atoms with Crippen LogP contribution in [0, 0.1) is 10.1 Å². The summed E-state index contributed by atoms with van der Waals surface area (Å²) in [5, 5.41) is 17.0. The first kappa shape index (κ1) is 13.5. The van der Waals surface area contributed by atoms with Crippen LogP contribution in [0.1, 0.15) is 19.8 Å². The van der Waals surface area contributed by atoms with Gasteiger partial charge in [-0.05, 0) is 19.8 Å². The van der Waals surface area contributed by atoms with Crippen molar-refractivity contribution in [3.05, 3.63) is 16.4 Å². The van der Waals surface area contributed by atoms with E-state index in [0.29, 0.717) is 6.61 Å². The Morgan fingerprint density at radius 1 is 1.47 bits per heavy atom. The van der Waals surface area contributed by atoms with Crippen LogP contribution in [0.2, 0.25) is 0 Å². The van der Waals surface area contributed by atoms with Crippen molar-refractivity contribution in [1.29, 1.82) is 0 Å². The Kier molecular flexibility index (Phi) is 3.79. The van der Waals surface area contributed by atoms with Crippen LogP contribution < -0.4 is 10.6 Å². The molecule has 0 aromatic carbocycles. The van der Waals surface area contributed by atoms with Crippen molar-refractivity contribution in [2.24, 2.45) is 0 Å². The Morgan fingerprint density at radius 2 is 2.21 bits per heavy atom. The number of aromatic nitrogens is 2. The predicted octanol–water partition coefficient (Wildman–Crippen LogP) is 1.41. The van der Waals surface area contributed by atoms with Crippen LogP contribution in [0.15, 0.2) is 6.33 Å². The minimum atomic E-state index is -0.485. The molecule has 0 amide bonds. The van der Waals surface area contributed by atoms with E-state index in [2.05, 4.69) is 20.6 Å². The van der Waals surface area contributed by atoms with Crippen molar-refractivity contribution >= 4 is 17.3 Å². The molecule has 2 N–H and O–H groups in total. The summed E-state index contributed by atoms with van der Waals surface area (Å²) in [6, 6.07) is 0. The van der Waals surface area contributed by atoms with E-state index in [4.69, 9.17) is 4.74 Å². The van der Waals surface area contributed by atoms with Crippen LogP contribution in [-0.2, 0) is 4.74 Å². The first-order valence-corrected chi connectivity index (χ1v) is 6.09. The van der Waals surface area contributed by atoms with Crippen LogP contribution in [0.4, 0.5) is 17.3 Å². The zero-order valence-corrected chi connectivity index (χ0v) is 11.0. The largest absolute Gasteiger partial charge is 0.379 e. The number of nitrogens with one attached hydrogen (secondary N) is 2. The Hall–Kier alpha value is -1.96. The van der Waals surface area contributed by atoms with Gasteiger partial charge >= 0.3 is 5.69 Å². The van der Waals surface area contributed by atoms with Gasteiger partial charge in [-0.25, -0.2) is 9.97 Å². The summed E-state index contributed by atoms with van der Waals surface area (Å²) in [6.07, 6.45) is 3.10. The van der Waals surface area contributed by atoms with Gasteiger partial charge in [0.15, 0.2) is 0 Å². The van der Waals surface area contributed by atoms with E-state index in [9.17, 15) is 10.1 Å². The molecular formula is C11H17N5O3. The van der Waals surface area contributed by atoms with Crippen LogP contribution in [-0.4, -0.2) is 40.7 Å². The Balaban J connectivity index is 2.31. The fourth-order valence-corrected chi connectivity index (χ4v) is 2.14. The van der Waals surface area contributed by atoms with Crippen LogP contribution in [0.5, 0.6) is 0 Å². The molecule has 1 aliphatic heterocycles. The van der Waals surface area contributed by atoms with Crippen LogP contribution in [0.3, 0.4) is 0 Å². The van der Waals surface area contributed by atoms with Crippen molar-refractivity contribution in [2.75, 3.05) is 30.9 Å². The number of ether oxygens (including phenoxy) is 1. The molecule has 1 aromatic rings. The molecule has 0 spiro atoms. The minimum absolute atomic E-state index is 0.142. The highest BCUT2D eigenvalue weighted by atomic mass is 16.6. The summed E-state index contributed by atoms with van der Waals surface area (Å²) in [6.45, 7) is 3.20. The van der Waals surface area contributed by atoms with Crippen molar-refractivity contribution in [2.45, 2.75) is 25.3 Å². The maximum atomic E-state index is 11.2. The van der Waals surface area contributed by atoms with Gasteiger partial charge in [-0.2, -0.15) is 0 Å². The SMILES string of the molecule is CNc1ncnc(NC2(C)CCCOC2)c1[N+](=O)[O-]. The van der Waals surface area contributed by atoms with Gasteiger partial charge in [-0.3, -0.25) is 10.1 Å². The number of nitrogens with zero attached hydrogens (tertiary/aromatic N) is 3. The smallest absolute Gasteiger partial charge is 0.353 e. The second-order valence-electron chi connectivity index (χ2n) is 4.77. The molecule has 104 valence electrons. The lowest BCUT2D eigenvalue weighted by atomic mass is 9.95. The summed E-state index contributed by atoms with van der Waals surface area (Å²) in [4.78, 5) is 18.5. The summed E-state index contributed by atoms with van der Waals surface area (Å²) in [7, 11) is 1.59. The summed E-state index contributed by atoms with van der Waals surface area (Å²) in [5.41, 5.74) is -0.487. The third kappa shape index (κ3) is 2.90. The fourth-order valence-electron chi connectivity index (χ4n) is 2.14. The molecule has 0 saturated carbocycles. The second kappa shape index (κ2) is 5.35. The Labute approximate surface area is 110 Å². The number of hydrogen-bond acceptors (Lipinski definition) is 7. The highest BCUT2D eigenvalue weighted by Gasteiger charge is 2.32. The van der Waals surface area contributed by atoms with Gasteiger partial charge < -0.3 is 15.4 Å². The zero-order chi connectivity index (χ0) is 13.9. The molecule has 1 atom stereocenters. The Bertz CT molecular complexity index is 473. The van der Waals surface area contributed by atoms with E-state index < -0.39 is 4.92 Å². The van der Waals surface area contributed by atoms with Gasteiger partial charge in [-0.15, -0.1) is 0 Å². The predicted molar refractivity (Wildman–Crippen MR) is 70.3 cm³/mol. The second-order valence-corrected chi connectivity index (χ2v) is 4.77. The van der Waals surface area contributed by atoms with Gasteiger partial charge in [0.25, 0.3) is 0 Å². The lowest BCUT2D eigenvalue weighted by Gasteiger charge is -2.34. The molecular weight excluding hydrogens is 250 g/mol. The standard InChI is InChI=1S/C11H17N5O3/c1-11(4-3-5-19-6-11)15-10-8(16(17)18)9(12-2)13-7-14-10/h7H,3-6H2,1-2H3,(H2,12,13,14,15). The number of nitro groups is 1. The maximum Gasteiger partial charge on any atom is 0.353 e. The lowest BCUT2D eigenvalue weighted by Crippen LogP contribution is -2.43. The average molecular weight is 267 g/mol. The summed E-state index contributed by atoms with van der Waals surface area (Å²) in [5.74, 6) is 0.417. The third-order valence-electron chi connectivity index (χ3n) is 3.10. The Morgan fingerprint density at radius 3 is 2.79 bits per heavy atom.